The molecule has 1 aromatic carbocycles. The molecule has 27 heavy (non-hydrogen) atoms. The Morgan fingerprint density at radius 2 is 1.74 bits per heavy atom. The minimum Gasteiger partial charge on any atom is -0.486 e. The van der Waals surface area contributed by atoms with Crippen molar-refractivity contribution in [3.05, 3.63) is 53.7 Å². The van der Waals surface area contributed by atoms with Gasteiger partial charge in [0.25, 0.3) is 0 Å². The second kappa shape index (κ2) is 6.48. The number of aromatic amines is 1. The second-order valence-corrected chi connectivity index (χ2v) is 5.72. The number of fused-ring (bicyclic) bond motifs is 1. The van der Waals surface area contributed by atoms with Crippen LogP contribution >= 0.6 is 0 Å². The molecule has 4 rings (SSSR count). The van der Waals surface area contributed by atoms with E-state index in [-0.39, 0.29) is 29.4 Å². The van der Waals surface area contributed by atoms with Crippen molar-refractivity contribution in [3.63, 3.8) is 0 Å². The van der Waals surface area contributed by atoms with Crippen molar-refractivity contribution in [1.82, 2.24) is 25.4 Å². The van der Waals surface area contributed by atoms with Crippen molar-refractivity contribution in [2.24, 2.45) is 0 Å². The summed E-state index contributed by atoms with van der Waals surface area (Å²) in [4.78, 5) is 7.89. The normalized spacial score (nSPS) is 11.0. The number of pyridine rings is 2. The van der Waals surface area contributed by atoms with E-state index in [9.17, 15) is 8.78 Å². The Morgan fingerprint density at radius 1 is 0.963 bits per heavy atom. The predicted octanol–water partition coefficient (Wildman–Crippen LogP) is 2.44. The molecule has 4 aromatic rings. The summed E-state index contributed by atoms with van der Waals surface area (Å²) in [5.41, 5.74) is 12.4. The Hall–Kier alpha value is -3.82. The van der Waals surface area contributed by atoms with E-state index in [0.29, 0.717) is 22.5 Å². The maximum atomic E-state index is 14.5. The molecule has 0 saturated heterocycles. The molecule has 0 unspecified atom stereocenters. The number of rotatable bonds is 4. The number of nitrogens with two attached hydrogens (primary N) is 2. The molecule has 10 heteroatoms. The first kappa shape index (κ1) is 16.6. The van der Waals surface area contributed by atoms with Crippen LogP contribution in [0.25, 0.3) is 22.3 Å². The molecule has 0 fully saturated rings. The summed E-state index contributed by atoms with van der Waals surface area (Å²) in [5, 5.41) is 10.1. The smallest absolute Gasteiger partial charge is 0.207 e. The minimum absolute atomic E-state index is 0.151. The number of benzene rings is 1. The van der Waals surface area contributed by atoms with Crippen molar-refractivity contribution in [2.75, 3.05) is 11.5 Å². The summed E-state index contributed by atoms with van der Waals surface area (Å²) in [7, 11) is 0. The van der Waals surface area contributed by atoms with Crippen LogP contribution in [0.3, 0.4) is 0 Å². The van der Waals surface area contributed by atoms with E-state index in [4.69, 9.17) is 16.2 Å². The highest BCUT2D eigenvalue weighted by Crippen LogP contribution is 2.27. The lowest BCUT2D eigenvalue weighted by atomic mass is 10.0. The highest BCUT2D eigenvalue weighted by Gasteiger charge is 2.15. The van der Waals surface area contributed by atoms with Crippen LogP contribution < -0.4 is 16.2 Å². The standard InChI is InChI=1S/C17H13F2N7O/c18-11-3-9(8-1-2-14(20)22-6-8)4-12(19)10(11)7-27-13-5-15(21)23-17-16(13)24-26-25-17/h1-6H,7H2,(H2,20,22)(H3,21,23,24,25,26). The predicted molar refractivity (Wildman–Crippen MR) is 94.4 cm³/mol. The van der Waals surface area contributed by atoms with Crippen molar-refractivity contribution in [1.29, 1.82) is 0 Å². The third kappa shape index (κ3) is 3.19. The van der Waals surface area contributed by atoms with Gasteiger partial charge in [-0.15, -0.1) is 5.10 Å². The molecule has 0 aliphatic heterocycles. The molecule has 136 valence electrons. The van der Waals surface area contributed by atoms with E-state index >= 15 is 0 Å². The topological polar surface area (TPSA) is 129 Å². The number of halogens is 2. The van der Waals surface area contributed by atoms with E-state index in [1.807, 2.05) is 0 Å². The van der Waals surface area contributed by atoms with Crippen LogP contribution in [0.4, 0.5) is 20.4 Å². The van der Waals surface area contributed by atoms with Gasteiger partial charge in [0.15, 0.2) is 11.3 Å². The van der Waals surface area contributed by atoms with Gasteiger partial charge in [0.2, 0.25) is 5.65 Å². The van der Waals surface area contributed by atoms with Crippen LogP contribution in [0.15, 0.2) is 36.5 Å². The lowest BCUT2D eigenvalue weighted by Crippen LogP contribution is -2.04. The van der Waals surface area contributed by atoms with Gasteiger partial charge in [0, 0.05) is 17.8 Å². The summed E-state index contributed by atoms with van der Waals surface area (Å²) in [6.07, 6.45) is 1.45. The lowest BCUT2D eigenvalue weighted by molar-refractivity contribution is 0.295. The third-order valence-electron chi connectivity index (χ3n) is 3.91. The fourth-order valence-electron chi connectivity index (χ4n) is 2.57. The number of hydrogen-bond acceptors (Lipinski definition) is 7. The van der Waals surface area contributed by atoms with Crippen LogP contribution in [-0.2, 0) is 6.61 Å². The van der Waals surface area contributed by atoms with Gasteiger partial charge in [-0.1, -0.05) is 0 Å². The second-order valence-electron chi connectivity index (χ2n) is 5.72. The number of nitrogens with zero attached hydrogens (tertiary/aromatic N) is 4. The summed E-state index contributed by atoms with van der Waals surface area (Å²) in [6, 6.07) is 7.02. The molecule has 8 nitrogen and oxygen atoms in total. The summed E-state index contributed by atoms with van der Waals surface area (Å²) in [5.74, 6) is -0.809. The number of hydrogen-bond donors (Lipinski definition) is 3. The van der Waals surface area contributed by atoms with Crippen molar-refractivity contribution >= 4 is 22.8 Å². The van der Waals surface area contributed by atoms with E-state index in [1.165, 1.54) is 24.4 Å². The largest absolute Gasteiger partial charge is 0.486 e. The van der Waals surface area contributed by atoms with E-state index in [1.54, 1.807) is 12.1 Å². The maximum Gasteiger partial charge on any atom is 0.207 e. The van der Waals surface area contributed by atoms with E-state index in [0.717, 1.165) is 0 Å². The zero-order valence-corrected chi connectivity index (χ0v) is 13.8. The Labute approximate surface area is 151 Å². The zero-order valence-electron chi connectivity index (χ0n) is 13.8. The van der Waals surface area contributed by atoms with Crippen molar-refractivity contribution < 1.29 is 13.5 Å². The van der Waals surface area contributed by atoms with Gasteiger partial charge in [-0.2, -0.15) is 10.3 Å². The van der Waals surface area contributed by atoms with Gasteiger partial charge in [-0.3, -0.25) is 0 Å². The van der Waals surface area contributed by atoms with Crippen LogP contribution in [0, 0.1) is 11.6 Å². The molecule has 0 atom stereocenters. The number of H-pyrrole nitrogens is 1. The summed E-state index contributed by atoms with van der Waals surface area (Å²) >= 11 is 0. The Kier molecular flexibility index (Phi) is 3.99. The van der Waals surface area contributed by atoms with Crippen molar-refractivity contribution in [3.8, 4) is 16.9 Å². The number of anilines is 2. The molecule has 0 amide bonds. The Balaban J connectivity index is 1.62. The van der Waals surface area contributed by atoms with Gasteiger partial charge < -0.3 is 16.2 Å². The van der Waals surface area contributed by atoms with Gasteiger partial charge in [0.05, 0.1) is 5.56 Å². The van der Waals surface area contributed by atoms with Gasteiger partial charge in [0.1, 0.15) is 29.9 Å². The molecular formula is C17H13F2N7O. The number of aromatic nitrogens is 5. The average Bonchev–Trinajstić information content (AvgIpc) is 3.09. The van der Waals surface area contributed by atoms with Crippen LogP contribution in [0.5, 0.6) is 5.75 Å². The lowest BCUT2D eigenvalue weighted by Gasteiger charge is -2.11. The molecule has 0 radical (unpaired) electrons. The molecule has 0 spiro atoms. The first-order valence-corrected chi connectivity index (χ1v) is 7.81. The summed E-state index contributed by atoms with van der Waals surface area (Å²) in [6.45, 7) is -0.358. The SMILES string of the molecule is Nc1ccc(-c2cc(F)c(COc3cc(N)nc4n[nH]nc34)c(F)c2)cn1. The highest BCUT2D eigenvalue weighted by molar-refractivity contribution is 5.78. The van der Waals surface area contributed by atoms with Crippen LogP contribution in [-0.4, -0.2) is 25.4 Å². The monoisotopic (exact) mass is 369 g/mol. The molecule has 5 N–H and O–H groups in total. The molecular weight excluding hydrogens is 356 g/mol. The average molecular weight is 369 g/mol. The van der Waals surface area contributed by atoms with E-state index < -0.39 is 11.6 Å². The first-order chi connectivity index (χ1) is 13.0. The van der Waals surface area contributed by atoms with Gasteiger partial charge >= 0.3 is 0 Å². The molecule has 0 aliphatic carbocycles. The first-order valence-electron chi connectivity index (χ1n) is 7.81. The van der Waals surface area contributed by atoms with Gasteiger partial charge in [-0.05, 0) is 29.8 Å². The molecule has 3 aromatic heterocycles. The van der Waals surface area contributed by atoms with Crippen LogP contribution in [0.1, 0.15) is 5.56 Å². The minimum atomic E-state index is -0.750. The number of nitrogens with one attached hydrogen (secondary N) is 1. The number of ether oxygens (including phenoxy) is 1. The highest BCUT2D eigenvalue weighted by atomic mass is 19.1. The van der Waals surface area contributed by atoms with Crippen LogP contribution in [0.2, 0.25) is 0 Å². The Bertz CT molecular complexity index is 1110. The fourth-order valence-corrected chi connectivity index (χ4v) is 2.57. The van der Waals surface area contributed by atoms with E-state index in [2.05, 4.69) is 25.4 Å². The zero-order chi connectivity index (χ0) is 19.0. The molecule has 3 heterocycles. The quantitative estimate of drug-likeness (QED) is 0.504. The third-order valence-corrected chi connectivity index (χ3v) is 3.91. The Morgan fingerprint density at radius 3 is 2.44 bits per heavy atom. The summed E-state index contributed by atoms with van der Waals surface area (Å²) < 4.78 is 34.5. The molecule has 0 bridgehead atoms. The number of nitrogen functional groups attached to an aromatic ring is 2. The van der Waals surface area contributed by atoms with Crippen molar-refractivity contribution in [2.45, 2.75) is 6.61 Å². The molecule has 0 aliphatic rings. The maximum absolute atomic E-state index is 14.5. The van der Waals surface area contributed by atoms with Gasteiger partial charge in [-0.25, -0.2) is 18.7 Å². The fraction of sp³-hybridized carbons (Fsp3) is 0.0588. The molecule has 0 saturated carbocycles.